The Morgan fingerprint density at radius 2 is 0.578 bits per heavy atom. The summed E-state index contributed by atoms with van der Waals surface area (Å²) < 4.78 is 7.47. The average molecular weight is 832 g/mol. The Morgan fingerprint density at radius 1 is 0.219 bits per heavy atom. The van der Waals surface area contributed by atoms with Gasteiger partial charge in [0.15, 0.2) is 8.07 Å². The zero-order valence-electron chi connectivity index (χ0n) is 35.0. The molecule has 0 saturated carbocycles. The molecule has 0 N–H and O–H groups in total. The van der Waals surface area contributed by atoms with Gasteiger partial charge in [-0.25, -0.2) is 0 Å². The van der Waals surface area contributed by atoms with Crippen LogP contribution in [0.5, 0.6) is 0 Å². The van der Waals surface area contributed by atoms with E-state index < -0.39 is 8.07 Å². The monoisotopic (exact) mass is 831 g/mol. The highest BCUT2D eigenvalue weighted by Gasteiger charge is 2.42. The highest BCUT2D eigenvalue weighted by Crippen LogP contribution is 2.41. The largest absolute Gasteiger partial charge is 0.309 e. The smallest absolute Gasteiger partial charge is 0.179 e. The number of hydrogen-bond donors (Lipinski definition) is 0. The van der Waals surface area contributed by atoms with Gasteiger partial charge in [0.1, 0.15) is 0 Å². The normalized spacial score (nSPS) is 12.1. The molecule has 0 atom stereocenters. The molecule has 0 aliphatic carbocycles. The van der Waals surface area contributed by atoms with Crippen molar-refractivity contribution in [1.29, 1.82) is 0 Å². The molecule has 64 heavy (non-hydrogen) atoms. The van der Waals surface area contributed by atoms with E-state index in [1.165, 1.54) is 86.2 Å². The van der Waals surface area contributed by atoms with Gasteiger partial charge in [-0.05, 0) is 81.4 Å². The fourth-order valence-electron chi connectivity index (χ4n) is 10.9. The van der Waals surface area contributed by atoms with E-state index in [1.54, 1.807) is 0 Å². The van der Waals surface area contributed by atoms with Crippen LogP contribution >= 0.6 is 0 Å². The Labute approximate surface area is 372 Å². The van der Waals surface area contributed by atoms with Crippen LogP contribution in [-0.2, 0) is 0 Å². The fraction of sp³-hybridized carbons (Fsp3) is 0. The third-order valence-corrected chi connectivity index (χ3v) is 18.3. The molecule has 0 saturated heterocycles. The Bertz CT molecular complexity index is 3840. The third-order valence-electron chi connectivity index (χ3n) is 13.6. The summed E-state index contributed by atoms with van der Waals surface area (Å²) in [5.74, 6) is 0. The average Bonchev–Trinajstić information content (AvgIpc) is 4.01. The Balaban J connectivity index is 1.15. The molecule has 0 bridgehead atoms. The topological polar surface area (TPSA) is 14.8 Å². The lowest BCUT2D eigenvalue weighted by Gasteiger charge is -2.35. The molecule has 0 amide bonds. The van der Waals surface area contributed by atoms with E-state index in [2.05, 4.69) is 262 Å². The lowest BCUT2D eigenvalue weighted by molar-refractivity contribution is 1.15. The van der Waals surface area contributed by atoms with Gasteiger partial charge < -0.3 is 13.7 Å². The predicted molar refractivity (Wildman–Crippen MR) is 273 cm³/mol. The summed E-state index contributed by atoms with van der Waals surface area (Å²) in [5.41, 5.74) is 10.7. The molecule has 3 aromatic heterocycles. The van der Waals surface area contributed by atoms with Crippen LogP contribution in [-0.4, -0.2) is 21.8 Å². The number of fused-ring (bicyclic) bond motifs is 10. The maximum atomic E-state index is 2.54. The molecule has 0 aliphatic heterocycles. The molecule has 13 aromatic rings. The molecular weight excluding hydrogens is 791 g/mol. The summed E-state index contributed by atoms with van der Waals surface area (Å²) in [4.78, 5) is 0. The van der Waals surface area contributed by atoms with Crippen LogP contribution in [0.4, 0.5) is 0 Å². The number of nitrogens with zero attached hydrogens (tertiary/aromatic N) is 3. The summed E-state index contributed by atoms with van der Waals surface area (Å²) in [7, 11) is -3.04. The van der Waals surface area contributed by atoms with Gasteiger partial charge in [0.25, 0.3) is 0 Å². The molecule has 0 spiro atoms. The highest BCUT2D eigenvalue weighted by molar-refractivity contribution is 7.20. The SMILES string of the molecule is c1ccc(-n2c3ccccc3c3ccc([Si](c4ccccc4)(c4ccccc4)c4cccc(-n5c6ccccc6c6ccc7c8ccccc8n(-c8ccccc8)c7c65)c4)cc32)cc1. The van der Waals surface area contributed by atoms with Gasteiger partial charge in [-0.2, -0.15) is 0 Å². The van der Waals surface area contributed by atoms with Gasteiger partial charge >= 0.3 is 0 Å². The van der Waals surface area contributed by atoms with Crippen LogP contribution in [0.25, 0.3) is 82.5 Å². The standard InChI is InChI=1S/C60H41N3Si/c1-5-20-42(21-6-1)61-55-33-16-13-30-49(55)52-37-36-48(41-58(52)61)64(45-25-9-3-10-26-45,46-27-11-4-12-28-46)47-29-19-24-44(40-47)63-57-35-18-15-32-51(57)54-39-38-53-50-31-14-17-34-56(50)62(59(53)60(54)63)43-22-7-2-8-23-43/h1-41H. The zero-order valence-corrected chi connectivity index (χ0v) is 36.0. The van der Waals surface area contributed by atoms with Gasteiger partial charge in [0.05, 0.1) is 33.1 Å². The fourth-order valence-corrected chi connectivity index (χ4v) is 15.7. The second-order valence-corrected chi connectivity index (χ2v) is 20.7. The quantitative estimate of drug-likeness (QED) is 0.112. The molecular formula is C60H41N3Si. The summed E-state index contributed by atoms with van der Waals surface area (Å²) in [6.45, 7) is 0. The first kappa shape index (κ1) is 36.5. The number of rotatable bonds is 7. The van der Waals surface area contributed by atoms with Crippen LogP contribution in [0.3, 0.4) is 0 Å². The van der Waals surface area contributed by atoms with Crippen LogP contribution < -0.4 is 20.7 Å². The predicted octanol–water partition coefficient (Wildman–Crippen LogP) is 12.4. The number of para-hydroxylation sites is 5. The summed E-state index contributed by atoms with van der Waals surface area (Å²) in [6, 6.07) is 92.4. The van der Waals surface area contributed by atoms with Crippen molar-refractivity contribution in [1.82, 2.24) is 13.7 Å². The van der Waals surface area contributed by atoms with Crippen molar-refractivity contribution in [2.45, 2.75) is 0 Å². The first-order valence-electron chi connectivity index (χ1n) is 22.1. The molecule has 0 fully saturated rings. The molecule has 13 rings (SSSR count). The van der Waals surface area contributed by atoms with Crippen molar-refractivity contribution in [3.05, 3.63) is 249 Å². The van der Waals surface area contributed by atoms with Crippen molar-refractivity contribution >= 4 is 94.2 Å². The molecule has 300 valence electrons. The van der Waals surface area contributed by atoms with Crippen molar-refractivity contribution in [3.8, 4) is 17.1 Å². The summed E-state index contributed by atoms with van der Waals surface area (Å²) >= 11 is 0. The van der Waals surface area contributed by atoms with E-state index in [9.17, 15) is 0 Å². The zero-order chi connectivity index (χ0) is 42.2. The van der Waals surface area contributed by atoms with Gasteiger partial charge in [-0.1, -0.05) is 188 Å². The Hall–Kier alpha value is -8.18. The first-order valence-corrected chi connectivity index (χ1v) is 24.1. The molecule has 3 heterocycles. The van der Waals surface area contributed by atoms with E-state index in [4.69, 9.17) is 0 Å². The van der Waals surface area contributed by atoms with Gasteiger partial charge in [-0.3, -0.25) is 0 Å². The molecule has 0 unspecified atom stereocenters. The van der Waals surface area contributed by atoms with E-state index in [0.29, 0.717) is 0 Å². The maximum Gasteiger partial charge on any atom is 0.179 e. The van der Waals surface area contributed by atoms with E-state index in [-0.39, 0.29) is 0 Å². The minimum absolute atomic E-state index is 1.14. The van der Waals surface area contributed by atoms with Crippen LogP contribution in [0.1, 0.15) is 0 Å². The van der Waals surface area contributed by atoms with Crippen LogP contribution in [0.2, 0.25) is 0 Å². The third kappa shape index (κ3) is 5.27. The second-order valence-electron chi connectivity index (χ2n) is 16.9. The van der Waals surface area contributed by atoms with E-state index in [1.807, 2.05) is 0 Å². The molecule has 3 nitrogen and oxygen atoms in total. The maximum absolute atomic E-state index is 3.04. The van der Waals surface area contributed by atoms with Gasteiger partial charge in [0.2, 0.25) is 0 Å². The first-order chi connectivity index (χ1) is 31.8. The van der Waals surface area contributed by atoms with Gasteiger partial charge in [-0.15, -0.1) is 0 Å². The highest BCUT2D eigenvalue weighted by atomic mass is 28.3. The lowest BCUT2D eigenvalue weighted by Crippen LogP contribution is -2.74. The van der Waals surface area contributed by atoms with Gasteiger partial charge in [0, 0.05) is 49.4 Å². The van der Waals surface area contributed by atoms with Crippen LogP contribution in [0.15, 0.2) is 249 Å². The molecule has 4 heteroatoms. The van der Waals surface area contributed by atoms with Crippen molar-refractivity contribution in [2.75, 3.05) is 0 Å². The Morgan fingerprint density at radius 3 is 1.12 bits per heavy atom. The minimum atomic E-state index is -3.04. The summed E-state index contributed by atoms with van der Waals surface area (Å²) in [6.07, 6.45) is 0. The second kappa shape index (κ2) is 14.5. The summed E-state index contributed by atoms with van der Waals surface area (Å²) in [5, 5.41) is 12.8. The number of hydrogen-bond acceptors (Lipinski definition) is 0. The van der Waals surface area contributed by atoms with Crippen molar-refractivity contribution in [2.24, 2.45) is 0 Å². The molecule has 10 aromatic carbocycles. The lowest BCUT2D eigenvalue weighted by atomic mass is 10.1. The number of aromatic nitrogens is 3. The number of benzene rings is 10. The Kier molecular flexibility index (Phi) is 8.23. The van der Waals surface area contributed by atoms with Crippen molar-refractivity contribution < 1.29 is 0 Å². The van der Waals surface area contributed by atoms with E-state index in [0.717, 1.165) is 17.1 Å². The molecule has 0 aliphatic rings. The van der Waals surface area contributed by atoms with Crippen molar-refractivity contribution in [3.63, 3.8) is 0 Å². The van der Waals surface area contributed by atoms with Crippen LogP contribution in [0, 0.1) is 0 Å². The van der Waals surface area contributed by atoms with E-state index >= 15 is 0 Å². The minimum Gasteiger partial charge on any atom is -0.309 e. The molecule has 0 radical (unpaired) electrons.